The van der Waals surface area contributed by atoms with Crippen molar-refractivity contribution in [2.24, 2.45) is 4.99 Å². The molecule has 92 valence electrons. The molecule has 1 aromatic heterocycles. The van der Waals surface area contributed by atoms with Gasteiger partial charge in [-0.3, -0.25) is 0 Å². The van der Waals surface area contributed by atoms with Gasteiger partial charge in [0.25, 0.3) is 0 Å². The van der Waals surface area contributed by atoms with Crippen molar-refractivity contribution in [2.45, 2.75) is 9.24 Å². The smallest absolute Gasteiger partial charge is 0.155 e. The van der Waals surface area contributed by atoms with Crippen LogP contribution in [-0.4, -0.2) is 10.1 Å². The molecule has 0 saturated carbocycles. The highest BCUT2D eigenvalue weighted by atomic mass is 32.2. The Morgan fingerprint density at radius 1 is 1.11 bits per heavy atom. The van der Waals surface area contributed by atoms with Gasteiger partial charge >= 0.3 is 0 Å². The summed E-state index contributed by atoms with van der Waals surface area (Å²) in [6, 6.07) is 16.1. The summed E-state index contributed by atoms with van der Waals surface area (Å²) in [6.45, 7) is 0. The Labute approximate surface area is 124 Å². The number of benzene rings is 2. The van der Waals surface area contributed by atoms with Crippen LogP contribution >= 0.6 is 35.3 Å². The first-order valence-electron chi connectivity index (χ1n) is 5.56. The molecule has 0 atom stereocenters. The summed E-state index contributed by atoms with van der Waals surface area (Å²) in [6.07, 6.45) is 0. The fourth-order valence-electron chi connectivity index (χ4n) is 1.64. The first kappa shape index (κ1) is 12.5. The molecular weight excluding hydrogens is 292 g/mol. The standard InChI is InChI=1S/C14H8N2S3/c17-9-15-10-5-7-11(8-6-10)18-14-16-12-3-1-2-4-13(12)19-14/h1-8H. The molecule has 0 radical (unpaired) electrons. The summed E-state index contributed by atoms with van der Waals surface area (Å²) in [7, 11) is 0. The van der Waals surface area contributed by atoms with E-state index in [9.17, 15) is 0 Å². The Balaban J connectivity index is 1.85. The zero-order valence-electron chi connectivity index (χ0n) is 9.74. The van der Waals surface area contributed by atoms with E-state index >= 15 is 0 Å². The quantitative estimate of drug-likeness (QED) is 0.492. The van der Waals surface area contributed by atoms with Gasteiger partial charge in [0, 0.05) is 4.90 Å². The monoisotopic (exact) mass is 300 g/mol. The van der Waals surface area contributed by atoms with E-state index in [-0.39, 0.29) is 0 Å². The number of fused-ring (bicyclic) bond motifs is 1. The highest BCUT2D eigenvalue weighted by molar-refractivity contribution is 8.01. The van der Waals surface area contributed by atoms with Crippen LogP contribution in [0.15, 0.2) is 62.8 Å². The van der Waals surface area contributed by atoms with Crippen LogP contribution in [0.5, 0.6) is 0 Å². The largest absolute Gasteiger partial charge is 0.229 e. The maximum atomic E-state index is 4.60. The second kappa shape index (κ2) is 5.63. The van der Waals surface area contributed by atoms with Crippen molar-refractivity contribution in [3.8, 4) is 0 Å². The number of rotatable bonds is 3. The lowest BCUT2D eigenvalue weighted by molar-refractivity contribution is 1.29. The summed E-state index contributed by atoms with van der Waals surface area (Å²) in [5.41, 5.74) is 1.88. The molecule has 0 fully saturated rings. The third-order valence-corrected chi connectivity index (χ3v) is 4.69. The zero-order chi connectivity index (χ0) is 13.1. The molecule has 5 heteroatoms. The number of hydrogen-bond donors (Lipinski definition) is 0. The second-order valence-electron chi connectivity index (χ2n) is 3.75. The fraction of sp³-hybridized carbons (Fsp3) is 0. The normalized spacial score (nSPS) is 10.3. The van der Waals surface area contributed by atoms with Crippen molar-refractivity contribution in [2.75, 3.05) is 0 Å². The average Bonchev–Trinajstić information content (AvgIpc) is 2.83. The molecule has 1 heterocycles. The van der Waals surface area contributed by atoms with Crippen LogP contribution in [0, 0.1) is 0 Å². The van der Waals surface area contributed by atoms with Crippen molar-refractivity contribution in [3.05, 3.63) is 48.5 Å². The van der Waals surface area contributed by atoms with Crippen LogP contribution in [0.2, 0.25) is 0 Å². The van der Waals surface area contributed by atoms with E-state index in [1.807, 2.05) is 42.5 Å². The highest BCUT2D eigenvalue weighted by Gasteiger charge is 2.04. The Morgan fingerprint density at radius 2 is 1.89 bits per heavy atom. The lowest BCUT2D eigenvalue weighted by Gasteiger charge is -1.97. The van der Waals surface area contributed by atoms with E-state index in [1.54, 1.807) is 23.1 Å². The first-order chi connectivity index (χ1) is 9.35. The summed E-state index contributed by atoms with van der Waals surface area (Å²) in [5.74, 6) is 0. The number of thiazole rings is 1. The molecule has 0 aliphatic rings. The predicted molar refractivity (Wildman–Crippen MR) is 84.9 cm³/mol. The van der Waals surface area contributed by atoms with Crippen LogP contribution in [0.3, 0.4) is 0 Å². The van der Waals surface area contributed by atoms with Crippen LogP contribution in [0.4, 0.5) is 5.69 Å². The summed E-state index contributed by atoms with van der Waals surface area (Å²) >= 11 is 7.94. The van der Waals surface area contributed by atoms with Gasteiger partial charge in [-0.15, -0.1) is 11.3 Å². The van der Waals surface area contributed by atoms with Crippen LogP contribution in [0.25, 0.3) is 10.2 Å². The van der Waals surface area contributed by atoms with Gasteiger partial charge in [-0.25, -0.2) is 4.98 Å². The molecule has 0 bridgehead atoms. The molecule has 0 amide bonds. The summed E-state index contributed by atoms with van der Waals surface area (Å²) in [4.78, 5) is 9.67. The van der Waals surface area contributed by atoms with Crippen LogP contribution in [0.1, 0.15) is 0 Å². The third-order valence-electron chi connectivity index (χ3n) is 2.49. The van der Waals surface area contributed by atoms with Crippen molar-refractivity contribution >= 4 is 56.4 Å². The van der Waals surface area contributed by atoms with Crippen LogP contribution in [-0.2, 0) is 0 Å². The van der Waals surface area contributed by atoms with E-state index in [0.717, 1.165) is 20.4 Å². The molecule has 0 spiro atoms. The lowest BCUT2D eigenvalue weighted by Crippen LogP contribution is -1.72. The number of aromatic nitrogens is 1. The Hall–Kier alpha value is -1.52. The van der Waals surface area contributed by atoms with Gasteiger partial charge in [-0.2, -0.15) is 4.99 Å². The fourth-order valence-corrected chi connectivity index (χ4v) is 3.78. The van der Waals surface area contributed by atoms with Crippen molar-refractivity contribution in [3.63, 3.8) is 0 Å². The van der Waals surface area contributed by atoms with Crippen LogP contribution < -0.4 is 0 Å². The number of aliphatic imine (C=N–C) groups is 1. The molecule has 19 heavy (non-hydrogen) atoms. The first-order valence-corrected chi connectivity index (χ1v) is 7.61. The minimum Gasteiger partial charge on any atom is -0.229 e. The third kappa shape index (κ3) is 2.91. The van der Waals surface area contributed by atoms with Crippen molar-refractivity contribution < 1.29 is 0 Å². The zero-order valence-corrected chi connectivity index (χ0v) is 12.2. The van der Waals surface area contributed by atoms with Gasteiger partial charge in [0.05, 0.1) is 21.1 Å². The molecule has 3 aromatic rings. The van der Waals surface area contributed by atoms with E-state index in [0.29, 0.717) is 0 Å². The molecule has 0 aliphatic carbocycles. The summed E-state index contributed by atoms with van der Waals surface area (Å²) in [5, 5.41) is 2.36. The SMILES string of the molecule is S=C=Nc1ccc(Sc2nc3ccccc3s2)cc1. The van der Waals surface area contributed by atoms with Gasteiger partial charge < -0.3 is 0 Å². The van der Waals surface area contributed by atoms with E-state index in [2.05, 4.69) is 33.4 Å². The minimum absolute atomic E-state index is 0.823. The Kier molecular flexibility index (Phi) is 3.71. The molecule has 2 nitrogen and oxygen atoms in total. The molecule has 0 unspecified atom stereocenters. The summed E-state index contributed by atoms with van der Waals surface area (Å²) < 4.78 is 2.26. The number of isothiocyanates is 1. The Morgan fingerprint density at radius 3 is 2.63 bits per heavy atom. The molecular formula is C14H8N2S3. The van der Waals surface area contributed by atoms with Gasteiger partial charge in [-0.1, -0.05) is 23.9 Å². The van der Waals surface area contributed by atoms with Gasteiger partial charge in [0.15, 0.2) is 4.34 Å². The van der Waals surface area contributed by atoms with E-state index in [1.165, 1.54) is 4.70 Å². The van der Waals surface area contributed by atoms with Crippen molar-refractivity contribution in [1.29, 1.82) is 0 Å². The topological polar surface area (TPSA) is 25.2 Å². The maximum absolute atomic E-state index is 4.60. The number of thiocarbonyl (C=S) groups is 1. The molecule has 3 rings (SSSR count). The lowest BCUT2D eigenvalue weighted by atomic mass is 10.3. The van der Waals surface area contributed by atoms with Gasteiger partial charge in [0.2, 0.25) is 0 Å². The number of nitrogens with zero attached hydrogens (tertiary/aromatic N) is 2. The molecule has 2 aromatic carbocycles. The van der Waals surface area contributed by atoms with Gasteiger partial charge in [0.1, 0.15) is 0 Å². The van der Waals surface area contributed by atoms with Crippen molar-refractivity contribution in [1.82, 2.24) is 4.98 Å². The predicted octanol–water partition coefficient (Wildman–Crippen LogP) is 5.18. The molecule has 0 aliphatic heterocycles. The van der Waals surface area contributed by atoms with Gasteiger partial charge in [-0.05, 0) is 48.6 Å². The second-order valence-corrected chi connectivity index (χ2v) is 6.28. The number of hydrogen-bond acceptors (Lipinski definition) is 5. The number of para-hydroxylation sites is 1. The van der Waals surface area contributed by atoms with E-state index < -0.39 is 0 Å². The maximum Gasteiger partial charge on any atom is 0.155 e. The molecule has 0 N–H and O–H groups in total. The Bertz CT molecular complexity index is 723. The minimum atomic E-state index is 0.823. The van der Waals surface area contributed by atoms with E-state index in [4.69, 9.17) is 0 Å². The highest BCUT2D eigenvalue weighted by Crippen LogP contribution is 2.34. The average molecular weight is 300 g/mol. The molecule has 0 saturated heterocycles.